The Labute approximate surface area is 148 Å². The maximum Gasteiger partial charge on any atom is 0.321 e. The second kappa shape index (κ2) is 7.70. The predicted octanol–water partition coefficient (Wildman–Crippen LogP) is 3.52. The number of para-hydroxylation sites is 2. The van der Waals surface area contributed by atoms with Crippen LogP contribution in [-0.2, 0) is 4.74 Å². The number of amides is 2. The molecule has 2 aromatic rings. The number of anilines is 1. The summed E-state index contributed by atoms with van der Waals surface area (Å²) in [6.07, 6.45) is 2.24. The summed E-state index contributed by atoms with van der Waals surface area (Å²) in [5.41, 5.74) is 3.61. The summed E-state index contributed by atoms with van der Waals surface area (Å²) in [7, 11) is 0. The van der Waals surface area contributed by atoms with Crippen LogP contribution < -0.4 is 5.32 Å². The van der Waals surface area contributed by atoms with Gasteiger partial charge >= 0.3 is 6.03 Å². The molecule has 1 aromatic carbocycles. The van der Waals surface area contributed by atoms with Crippen LogP contribution in [0.4, 0.5) is 10.5 Å². The van der Waals surface area contributed by atoms with Gasteiger partial charge in [-0.1, -0.05) is 12.1 Å². The Morgan fingerprint density at radius 2 is 2.20 bits per heavy atom. The summed E-state index contributed by atoms with van der Waals surface area (Å²) in [6, 6.07) is 9.66. The van der Waals surface area contributed by atoms with Crippen LogP contribution in [0, 0.1) is 13.8 Å². The molecule has 0 unspecified atom stereocenters. The molecule has 0 saturated carbocycles. The highest BCUT2D eigenvalue weighted by Gasteiger charge is 2.22. The Bertz CT molecular complexity index is 735. The lowest BCUT2D eigenvalue weighted by atomic mass is 10.2. The molecule has 0 spiro atoms. The monoisotopic (exact) mass is 342 g/mol. The first kappa shape index (κ1) is 17.5. The summed E-state index contributed by atoms with van der Waals surface area (Å²) in [5, 5.41) is 7.57. The smallest absolute Gasteiger partial charge is 0.321 e. The van der Waals surface area contributed by atoms with Gasteiger partial charge in [0.25, 0.3) is 0 Å². The SMILES string of the molecule is CCN(C[C@@H]1CCCO1)C(=O)Nc1ccccc1-n1nc(C)cc1C. The summed E-state index contributed by atoms with van der Waals surface area (Å²) in [4.78, 5) is 14.5. The number of benzene rings is 1. The highest BCUT2D eigenvalue weighted by molar-refractivity contribution is 5.91. The number of nitrogens with zero attached hydrogens (tertiary/aromatic N) is 3. The van der Waals surface area contributed by atoms with Gasteiger partial charge in [-0.3, -0.25) is 0 Å². The molecule has 1 aromatic heterocycles. The van der Waals surface area contributed by atoms with E-state index in [2.05, 4.69) is 10.4 Å². The molecular formula is C19H26N4O2. The molecule has 6 nitrogen and oxygen atoms in total. The van der Waals surface area contributed by atoms with Crippen LogP contribution in [0.5, 0.6) is 0 Å². The number of aromatic nitrogens is 2. The maximum atomic E-state index is 12.7. The standard InChI is InChI=1S/C19H26N4O2/c1-4-22(13-16-8-7-11-25-16)19(24)20-17-9-5-6-10-18(17)23-15(3)12-14(2)21-23/h5-6,9-10,12,16H,4,7-8,11,13H2,1-3H3,(H,20,24)/t16-/m0/s1. The molecule has 3 rings (SSSR count). The van der Waals surface area contributed by atoms with Gasteiger partial charge in [0.2, 0.25) is 0 Å². The topological polar surface area (TPSA) is 59.4 Å². The minimum absolute atomic E-state index is 0.105. The lowest BCUT2D eigenvalue weighted by molar-refractivity contribution is 0.0849. The summed E-state index contributed by atoms with van der Waals surface area (Å²) in [5.74, 6) is 0. The highest BCUT2D eigenvalue weighted by atomic mass is 16.5. The fourth-order valence-electron chi connectivity index (χ4n) is 3.22. The summed E-state index contributed by atoms with van der Waals surface area (Å²) in [6.45, 7) is 8.03. The van der Waals surface area contributed by atoms with Crippen molar-refractivity contribution in [3.05, 3.63) is 41.7 Å². The van der Waals surface area contributed by atoms with Crippen molar-refractivity contribution in [3.8, 4) is 5.69 Å². The van der Waals surface area contributed by atoms with Crippen molar-refractivity contribution in [2.75, 3.05) is 25.0 Å². The molecule has 134 valence electrons. The molecule has 1 saturated heterocycles. The average molecular weight is 342 g/mol. The van der Waals surface area contributed by atoms with Gasteiger partial charge < -0.3 is 15.0 Å². The molecule has 0 radical (unpaired) electrons. The molecule has 1 aliphatic rings. The van der Waals surface area contributed by atoms with Crippen molar-refractivity contribution >= 4 is 11.7 Å². The third kappa shape index (κ3) is 4.02. The highest BCUT2D eigenvalue weighted by Crippen LogP contribution is 2.22. The van der Waals surface area contributed by atoms with Gasteiger partial charge in [0.15, 0.2) is 0 Å². The van der Waals surface area contributed by atoms with Gasteiger partial charge in [0.05, 0.1) is 23.2 Å². The average Bonchev–Trinajstić information content (AvgIpc) is 3.22. The first-order chi connectivity index (χ1) is 12.1. The summed E-state index contributed by atoms with van der Waals surface area (Å²) < 4.78 is 7.52. The fraction of sp³-hybridized carbons (Fsp3) is 0.474. The Morgan fingerprint density at radius 1 is 1.40 bits per heavy atom. The van der Waals surface area contributed by atoms with Crippen LogP contribution in [0.2, 0.25) is 0 Å². The van der Waals surface area contributed by atoms with Gasteiger partial charge in [0, 0.05) is 25.4 Å². The zero-order valence-corrected chi connectivity index (χ0v) is 15.2. The van der Waals surface area contributed by atoms with E-state index in [0.717, 1.165) is 42.2 Å². The lowest BCUT2D eigenvalue weighted by Crippen LogP contribution is -2.40. The number of rotatable bonds is 5. The molecule has 1 N–H and O–H groups in total. The first-order valence-electron chi connectivity index (χ1n) is 8.88. The molecule has 25 heavy (non-hydrogen) atoms. The summed E-state index contributed by atoms with van der Waals surface area (Å²) >= 11 is 0. The minimum Gasteiger partial charge on any atom is -0.376 e. The lowest BCUT2D eigenvalue weighted by Gasteiger charge is -2.25. The van der Waals surface area contributed by atoms with E-state index in [9.17, 15) is 4.79 Å². The van der Waals surface area contributed by atoms with Crippen LogP contribution in [-0.4, -0.2) is 46.5 Å². The van der Waals surface area contributed by atoms with E-state index in [1.807, 2.05) is 55.8 Å². The third-order valence-electron chi connectivity index (χ3n) is 4.50. The number of nitrogens with one attached hydrogen (secondary N) is 1. The quantitative estimate of drug-likeness (QED) is 0.904. The number of hydrogen-bond acceptors (Lipinski definition) is 3. The largest absolute Gasteiger partial charge is 0.376 e. The first-order valence-corrected chi connectivity index (χ1v) is 8.88. The fourth-order valence-corrected chi connectivity index (χ4v) is 3.22. The Kier molecular flexibility index (Phi) is 5.38. The minimum atomic E-state index is -0.105. The van der Waals surface area contributed by atoms with E-state index in [1.54, 1.807) is 4.90 Å². The number of hydrogen-bond donors (Lipinski definition) is 1. The van der Waals surface area contributed by atoms with E-state index in [4.69, 9.17) is 4.74 Å². The maximum absolute atomic E-state index is 12.7. The second-order valence-corrected chi connectivity index (χ2v) is 6.46. The van der Waals surface area contributed by atoms with Gasteiger partial charge in [0.1, 0.15) is 0 Å². The van der Waals surface area contributed by atoms with Crippen molar-refractivity contribution in [3.63, 3.8) is 0 Å². The van der Waals surface area contributed by atoms with E-state index >= 15 is 0 Å². The normalized spacial score (nSPS) is 16.8. The van der Waals surface area contributed by atoms with Crippen molar-refractivity contribution in [1.82, 2.24) is 14.7 Å². The van der Waals surface area contributed by atoms with Crippen molar-refractivity contribution < 1.29 is 9.53 Å². The second-order valence-electron chi connectivity index (χ2n) is 6.46. The third-order valence-corrected chi connectivity index (χ3v) is 4.50. The Balaban J connectivity index is 1.77. The van der Waals surface area contributed by atoms with Crippen LogP contribution >= 0.6 is 0 Å². The Morgan fingerprint density at radius 3 is 2.84 bits per heavy atom. The predicted molar refractivity (Wildman–Crippen MR) is 98.3 cm³/mol. The van der Waals surface area contributed by atoms with Gasteiger partial charge in [-0.15, -0.1) is 0 Å². The molecule has 6 heteroatoms. The van der Waals surface area contributed by atoms with Crippen LogP contribution in [0.15, 0.2) is 30.3 Å². The number of carbonyl (C=O) groups is 1. The zero-order chi connectivity index (χ0) is 17.8. The van der Waals surface area contributed by atoms with Gasteiger partial charge in [-0.2, -0.15) is 5.10 Å². The van der Waals surface area contributed by atoms with E-state index in [1.165, 1.54) is 0 Å². The van der Waals surface area contributed by atoms with Gasteiger partial charge in [-0.05, 0) is 51.8 Å². The molecule has 2 amide bonds. The molecule has 1 fully saturated rings. The molecule has 1 atom stereocenters. The molecule has 0 aliphatic carbocycles. The zero-order valence-electron chi connectivity index (χ0n) is 15.2. The molecular weight excluding hydrogens is 316 g/mol. The van der Waals surface area contributed by atoms with Crippen molar-refractivity contribution in [2.45, 2.75) is 39.7 Å². The van der Waals surface area contributed by atoms with E-state index < -0.39 is 0 Å². The number of aryl methyl sites for hydroxylation is 2. The number of ether oxygens (including phenoxy) is 1. The number of urea groups is 1. The van der Waals surface area contributed by atoms with E-state index in [-0.39, 0.29) is 12.1 Å². The van der Waals surface area contributed by atoms with Crippen molar-refractivity contribution in [1.29, 1.82) is 0 Å². The Hall–Kier alpha value is -2.34. The molecule has 1 aliphatic heterocycles. The number of likely N-dealkylation sites (N-methyl/N-ethyl adjacent to an activating group) is 1. The van der Waals surface area contributed by atoms with Crippen LogP contribution in [0.3, 0.4) is 0 Å². The molecule has 0 bridgehead atoms. The van der Waals surface area contributed by atoms with Crippen LogP contribution in [0.25, 0.3) is 5.69 Å². The number of carbonyl (C=O) groups excluding carboxylic acids is 1. The van der Waals surface area contributed by atoms with Gasteiger partial charge in [-0.25, -0.2) is 9.48 Å². The van der Waals surface area contributed by atoms with Crippen LogP contribution in [0.1, 0.15) is 31.2 Å². The molecule has 2 heterocycles. The van der Waals surface area contributed by atoms with E-state index in [0.29, 0.717) is 13.1 Å². The van der Waals surface area contributed by atoms with Crippen molar-refractivity contribution in [2.24, 2.45) is 0 Å².